The van der Waals surface area contributed by atoms with Gasteiger partial charge in [-0.25, -0.2) is 0 Å². The second kappa shape index (κ2) is 8.35. The van der Waals surface area contributed by atoms with Crippen molar-refractivity contribution in [3.05, 3.63) is 29.8 Å². The predicted molar refractivity (Wildman–Crippen MR) is 69.0 cm³/mol. The van der Waals surface area contributed by atoms with E-state index in [1.165, 1.54) is 0 Å². The summed E-state index contributed by atoms with van der Waals surface area (Å²) in [5, 5.41) is 12.3. The molecule has 0 saturated carbocycles. The minimum Gasteiger partial charge on any atom is -0.508 e. The van der Waals surface area contributed by atoms with Crippen molar-refractivity contribution >= 4 is 12.4 Å². The summed E-state index contributed by atoms with van der Waals surface area (Å²) in [6.45, 7) is 2.19. The zero-order valence-electron chi connectivity index (χ0n) is 9.23. The number of rotatable bonds is 6. The van der Waals surface area contributed by atoms with Crippen LogP contribution in [0.3, 0.4) is 0 Å². The van der Waals surface area contributed by atoms with E-state index in [0.717, 1.165) is 25.1 Å². The van der Waals surface area contributed by atoms with Crippen LogP contribution in [0.1, 0.15) is 5.56 Å². The van der Waals surface area contributed by atoms with E-state index in [4.69, 9.17) is 16.6 Å². The van der Waals surface area contributed by atoms with E-state index in [9.17, 15) is 0 Å². The highest BCUT2D eigenvalue weighted by atomic mass is 35.5. The molecule has 4 nitrogen and oxygen atoms in total. The average Bonchev–Trinajstić information content (AvgIpc) is 2.22. The van der Waals surface area contributed by atoms with Crippen LogP contribution in [0.2, 0.25) is 0 Å². The normalized spacial score (nSPS) is 11.9. The van der Waals surface area contributed by atoms with E-state index in [1.54, 1.807) is 12.1 Å². The zero-order valence-corrected chi connectivity index (χ0v) is 10.0. The molecule has 16 heavy (non-hydrogen) atoms. The Hall–Kier alpha value is -0.810. The largest absolute Gasteiger partial charge is 0.508 e. The Balaban J connectivity index is 0.00000225. The molecule has 1 aromatic carbocycles. The van der Waals surface area contributed by atoms with Gasteiger partial charge >= 0.3 is 0 Å². The first-order valence-corrected chi connectivity index (χ1v) is 5.16. The summed E-state index contributed by atoms with van der Waals surface area (Å²) in [7, 11) is 0. The van der Waals surface area contributed by atoms with Crippen LogP contribution in [0, 0.1) is 0 Å². The molecule has 6 N–H and O–H groups in total. The van der Waals surface area contributed by atoms with Gasteiger partial charge < -0.3 is 21.9 Å². The van der Waals surface area contributed by atoms with Crippen molar-refractivity contribution in [1.82, 2.24) is 5.32 Å². The molecule has 92 valence electrons. The molecule has 0 heterocycles. The lowest BCUT2D eigenvalue weighted by Gasteiger charge is -2.12. The predicted octanol–water partition coefficient (Wildman–Crippen LogP) is 0.232. The van der Waals surface area contributed by atoms with Crippen molar-refractivity contribution < 1.29 is 5.11 Å². The summed E-state index contributed by atoms with van der Waals surface area (Å²) in [4.78, 5) is 0. The second-order valence-electron chi connectivity index (χ2n) is 3.62. The number of nitrogens with two attached hydrogens (primary N) is 2. The van der Waals surface area contributed by atoms with Gasteiger partial charge in [-0.3, -0.25) is 0 Å². The molecule has 0 aliphatic rings. The van der Waals surface area contributed by atoms with Crippen molar-refractivity contribution in [3.63, 3.8) is 0 Å². The van der Waals surface area contributed by atoms with Crippen LogP contribution in [0.4, 0.5) is 0 Å². The molecule has 1 aromatic rings. The molecule has 0 fully saturated rings. The molecule has 5 heteroatoms. The lowest BCUT2D eigenvalue weighted by Crippen LogP contribution is -2.37. The Morgan fingerprint density at radius 2 is 1.88 bits per heavy atom. The summed E-state index contributed by atoms with van der Waals surface area (Å²) in [6.07, 6.45) is 0.803. The standard InChI is InChI=1S/C11H19N3O.ClH/c12-5-6-14-8-10(13)7-9-1-3-11(15)4-2-9;/h1-4,10,14-15H,5-8,12-13H2;1H/t10-;/m0./s1. The van der Waals surface area contributed by atoms with Crippen LogP contribution >= 0.6 is 12.4 Å². The Bertz CT molecular complexity index is 279. The Morgan fingerprint density at radius 1 is 1.25 bits per heavy atom. The van der Waals surface area contributed by atoms with Gasteiger partial charge in [0.05, 0.1) is 0 Å². The Labute approximate surface area is 102 Å². The van der Waals surface area contributed by atoms with Gasteiger partial charge in [0.2, 0.25) is 0 Å². The lowest BCUT2D eigenvalue weighted by atomic mass is 10.1. The van der Waals surface area contributed by atoms with Crippen LogP contribution in [0.5, 0.6) is 5.75 Å². The van der Waals surface area contributed by atoms with Crippen LogP contribution in [-0.2, 0) is 6.42 Å². The van der Waals surface area contributed by atoms with Gasteiger partial charge in [-0.1, -0.05) is 12.1 Å². The number of benzene rings is 1. The average molecular weight is 246 g/mol. The fourth-order valence-corrected chi connectivity index (χ4v) is 1.40. The fourth-order valence-electron chi connectivity index (χ4n) is 1.40. The number of hydrogen-bond acceptors (Lipinski definition) is 4. The number of aromatic hydroxyl groups is 1. The fraction of sp³-hybridized carbons (Fsp3) is 0.455. The number of phenolic OH excluding ortho intramolecular Hbond substituents is 1. The highest BCUT2D eigenvalue weighted by molar-refractivity contribution is 5.85. The van der Waals surface area contributed by atoms with Crippen molar-refractivity contribution in [2.75, 3.05) is 19.6 Å². The lowest BCUT2D eigenvalue weighted by molar-refractivity contribution is 0.475. The van der Waals surface area contributed by atoms with Gasteiger partial charge in [0, 0.05) is 25.7 Å². The first kappa shape index (κ1) is 15.2. The van der Waals surface area contributed by atoms with E-state index in [-0.39, 0.29) is 24.2 Å². The number of nitrogens with one attached hydrogen (secondary N) is 1. The van der Waals surface area contributed by atoms with E-state index < -0.39 is 0 Å². The molecule has 0 bridgehead atoms. The van der Waals surface area contributed by atoms with Crippen molar-refractivity contribution in [1.29, 1.82) is 0 Å². The highest BCUT2D eigenvalue weighted by Gasteiger charge is 2.03. The first-order valence-electron chi connectivity index (χ1n) is 5.16. The molecule has 0 aliphatic carbocycles. The van der Waals surface area contributed by atoms with Crippen molar-refractivity contribution in [2.24, 2.45) is 11.5 Å². The van der Waals surface area contributed by atoms with Crippen molar-refractivity contribution in [3.8, 4) is 5.75 Å². The van der Waals surface area contributed by atoms with Crippen LogP contribution in [0.15, 0.2) is 24.3 Å². The van der Waals surface area contributed by atoms with Crippen LogP contribution in [0.25, 0.3) is 0 Å². The minimum atomic E-state index is 0. The zero-order chi connectivity index (χ0) is 11.1. The monoisotopic (exact) mass is 245 g/mol. The SMILES string of the molecule is Cl.NCCNC[C@@H](N)Cc1ccc(O)cc1. The molecular formula is C11H20ClN3O. The summed E-state index contributed by atoms with van der Waals surface area (Å²) in [5.41, 5.74) is 12.4. The van der Waals surface area contributed by atoms with Crippen LogP contribution < -0.4 is 16.8 Å². The number of halogens is 1. The molecule has 0 spiro atoms. The van der Waals surface area contributed by atoms with Crippen molar-refractivity contribution in [2.45, 2.75) is 12.5 Å². The third-order valence-electron chi connectivity index (χ3n) is 2.16. The van der Waals surface area contributed by atoms with Gasteiger partial charge in [0.15, 0.2) is 0 Å². The molecule has 0 amide bonds. The maximum absolute atomic E-state index is 9.11. The van der Waals surface area contributed by atoms with E-state index in [2.05, 4.69) is 5.32 Å². The maximum Gasteiger partial charge on any atom is 0.115 e. The van der Waals surface area contributed by atoms with Gasteiger partial charge in [0.1, 0.15) is 5.75 Å². The van der Waals surface area contributed by atoms with E-state index in [1.807, 2.05) is 12.1 Å². The summed E-state index contributed by atoms with van der Waals surface area (Å²) < 4.78 is 0. The summed E-state index contributed by atoms with van der Waals surface area (Å²) in [5.74, 6) is 0.286. The third-order valence-corrected chi connectivity index (χ3v) is 2.16. The van der Waals surface area contributed by atoms with Gasteiger partial charge in [-0.15, -0.1) is 12.4 Å². The maximum atomic E-state index is 9.11. The van der Waals surface area contributed by atoms with E-state index in [0.29, 0.717) is 6.54 Å². The summed E-state index contributed by atoms with van der Waals surface area (Å²) >= 11 is 0. The topological polar surface area (TPSA) is 84.3 Å². The third kappa shape index (κ3) is 5.92. The molecule has 0 saturated heterocycles. The molecule has 1 atom stereocenters. The van der Waals surface area contributed by atoms with Gasteiger partial charge in [0.25, 0.3) is 0 Å². The first-order chi connectivity index (χ1) is 7.22. The molecule has 0 radical (unpaired) electrons. The molecule has 0 aliphatic heterocycles. The van der Waals surface area contributed by atoms with E-state index >= 15 is 0 Å². The van der Waals surface area contributed by atoms with Gasteiger partial charge in [-0.2, -0.15) is 0 Å². The molecule has 0 unspecified atom stereocenters. The number of hydrogen-bond donors (Lipinski definition) is 4. The summed E-state index contributed by atoms with van der Waals surface area (Å²) in [6, 6.07) is 7.21. The smallest absolute Gasteiger partial charge is 0.115 e. The Morgan fingerprint density at radius 3 is 2.44 bits per heavy atom. The Kier molecular flexibility index (Phi) is 7.93. The van der Waals surface area contributed by atoms with Crippen LogP contribution in [-0.4, -0.2) is 30.8 Å². The minimum absolute atomic E-state index is 0. The number of phenols is 1. The highest BCUT2D eigenvalue weighted by Crippen LogP contribution is 2.10. The molecular weight excluding hydrogens is 226 g/mol. The second-order valence-corrected chi connectivity index (χ2v) is 3.62. The van der Waals surface area contributed by atoms with Gasteiger partial charge in [-0.05, 0) is 24.1 Å². The molecule has 1 rings (SSSR count). The quantitative estimate of drug-likeness (QED) is 0.541. The molecule has 0 aromatic heterocycles.